The van der Waals surface area contributed by atoms with Gasteiger partial charge < -0.3 is 10.3 Å². The molecule has 1 saturated heterocycles. The Bertz CT molecular complexity index is 378. The first-order chi connectivity index (χ1) is 8.10. The summed E-state index contributed by atoms with van der Waals surface area (Å²) in [7, 11) is 4.21. The number of hydrogen-bond donors (Lipinski definition) is 1. The third-order valence-electron chi connectivity index (χ3n) is 4.07. The van der Waals surface area contributed by atoms with Gasteiger partial charge in [-0.3, -0.25) is 4.90 Å². The fraction of sp³-hybridized carbons (Fsp3) is 0.750. The highest BCUT2D eigenvalue weighted by Gasteiger charge is 2.43. The van der Waals surface area contributed by atoms with Gasteiger partial charge in [0.1, 0.15) is 5.82 Å². The highest BCUT2D eigenvalue weighted by atomic mass is 32.2. The number of imidazole rings is 1. The van der Waals surface area contributed by atoms with Gasteiger partial charge in [0.25, 0.3) is 0 Å². The van der Waals surface area contributed by atoms with Gasteiger partial charge in [0.05, 0.1) is 6.54 Å². The molecule has 5 heteroatoms. The number of rotatable bonds is 4. The lowest BCUT2D eigenvalue weighted by Gasteiger charge is -2.40. The largest absolute Gasteiger partial charge is 0.337 e. The smallest absolute Gasteiger partial charge is 0.122 e. The van der Waals surface area contributed by atoms with E-state index in [0.717, 1.165) is 18.9 Å². The maximum Gasteiger partial charge on any atom is 0.122 e. The predicted molar refractivity (Wildman–Crippen MR) is 73.0 cm³/mol. The molecule has 0 aromatic carbocycles. The molecule has 1 fully saturated rings. The van der Waals surface area contributed by atoms with Crippen molar-refractivity contribution >= 4 is 11.8 Å². The summed E-state index contributed by atoms with van der Waals surface area (Å²) >= 11 is 2.03. The van der Waals surface area contributed by atoms with E-state index < -0.39 is 0 Å². The number of nitrogens with zero attached hydrogens (tertiary/aromatic N) is 3. The molecule has 17 heavy (non-hydrogen) atoms. The van der Waals surface area contributed by atoms with Crippen molar-refractivity contribution < 1.29 is 0 Å². The summed E-state index contributed by atoms with van der Waals surface area (Å²) in [6.07, 6.45) is 5.02. The van der Waals surface area contributed by atoms with Gasteiger partial charge in [-0.25, -0.2) is 4.98 Å². The first-order valence-corrected chi connectivity index (χ1v) is 7.14. The third-order valence-corrected chi connectivity index (χ3v) is 5.45. The molecule has 0 saturated carbocycles. The van der Waals surface area contributed by atoms with E-state index in [-0.39, 0.29) is 5.54 Å². The molecule has 0 spiro atoms. The second-order valence-corrected chi connectivity index (χ2v) is 6.33. The van der Waals surface area contributed by atoms with Crippen molar-refractivity contribution in [3.05, 3.63) is 18.2 Å². The molecule has 1 aliphatic rings. The molecule has 2 atom stereocenters. The van der Waals surface area contributed by atoms with Crippen LogP contribution in [-0.4, -0.2) is 44.6 Å². The number of aryl methyl sites for hydroxylation is 1. The zero-order valence-electron chi connectivity index (χ0n) is 10.9. The number of likely N-dealkylation sites (N-methyl/N-ethyl adjacent to an activating group) is 1. The maximum atomic E-state index is 6.04. The van der Waals surface area contributed by atoms with Crippen LogP contribution in [0.5, 0.6) is 0 Å². The van der Waals surface area contributed by atoms with Crippen LogP contribution < -0.4 is 5.73 Å². The average molecular weight is 254 g/mol. The van der Waals surface area contributed by atoms with Crippen LogP contribution in [-0.2, 0) is 13.6 Å². The minimum Gasteiger partial charge on any atom is -0.337 e. The highest BCUT2D eigenvalue weighted by Crippen LogP contribution is 2.39. The summed E-state index contributed by atoms with van der Waals surface area (Å²) < 4.78 is 2.08. The Balaban J connectivity index is 2.13. The van der Waals surface area contributed by atoms with E-state index >= 15 is 0 Å². The summed E-state index contributed by atoms with van der Waals surface area (Å²) in [4.78, 5) is 6.78. The van der Waals surface area contributed by atoms with Crippen LogP contribution in [0.4, 0.5) is 0 Å². The molecule has 2 unspecified atom stereocenters. The molecule has 1 aromatic heterocycles. The van der Waals surface area contributed by atoms with E-state index in [9.17, 15) is 0 Å². The number of nitrogens with two attached hydrogens (primary N) is 1. The van der Waals surface area contributed by atoms with Crippen molar-refractivity contribution in [3.8, 4) is 0 Å². The lowest BCUT2D eigenvalue weighted by molar-refractivity contribution is 0.117. The Morgan fingerprint density at radius 1 is 1.71 bits per heavy atom. The quantitative estimate of drug-likeness (QED) is 0.873. The van der Waals surface area contributed by atoms with Gasteiger partial charge in [-0.2, -0.15) is 11.8 Å². The standard InChI is InChI=1S/C12H22N4S/c1-10-12(9-13,4-7-17-10)16(3)8-11-14-5-6-15(11)2/h5-6,10H,4,7-9,13H2,1-3H3. The van der Waals surface area contributed by atoms with Crippen LogP contribution in [0.1, 0.15) is 19.2 Å². The van der Waals surface area contributed by atoms with Crippen LogP contribution in [0.15, 0.2) is 12.4 Å². The van der Waals surface area contributed by atoms with Crippen molar-refractivity contribution in [2.24, 2.45) is 12.8 Å². The Labute approximate surface area is 108 Å². The monoisotopic (exact) mass is 254 g/mol. The summed E-state index contributed by atoms with van der Waals surface area (Å²) in [5.41, 5.74) is 6.18. The van der Waals surface area contributed by atoms with E-state index in [1.807, 2.05) is 31.2 Å². The molecule has 2 N–H and O–H groups in total. The lowest BCUT2D eigenvalue weighted by atomic mass is 9.91. The number of aromatic nitrogens is 2. The highest BCUT2D eigenvalue weighted by molar-refractivity contribution is 8.00. The molecule has 1 aliphatic heterocycles. The Hall–Kier alpha value is -0.520. The zero-order chi connectivity index (χ0) is 12.5. The molecule has 2 rings (SSSR count). The van der Waals surface area contributed by atoms with Crippen molar-refractivity contribution in [1.29, 1.82) is 0 Å². The van der Waals surface area contributed by atoms with Crippen LogP contribution >= 0.6 is 11.8 Å². The normalized spacial score (nSPS) is 29.1. The first-order valence-electron chi connectivity index (χ1n) is 6.09. The number of thioether (sulfide) groups is 1. The van der Waals surface area contributed by atoms with Gasteiger partial charge in [0.15, 0.2) is 0 Å². The van der Waals surface area contributed by atoms with Gasteiger partial charge >= 0.3 is 0 Å². The third kappa shape index (κ3) is 2.23. The second-order valence-electron chi connectivity index (χ2n) is 4.88. The molecule has 4 nitrogen and oxygen atoms in total. The zero-order valence-corrected chi connectivity index (χ0v) is 11.7. The minimum atomic E-state index is 0.136. The summed E-state index contributed by atoms with van der Waals surface area (Å²) in [5, 5.41) is 0.595. The Morgan fingerprint density at radius 2 is 2.47 bits per heavy atom. The SMILES string of the molecule is CC1SCCC1(CN)N(C)Cc1nccn1C. The topological polar surface area (TPSA) is 47.1 Å². The predicted octanol–water partition coefficient (Wildman–Crippen LogP) is 1.07. The van der Waals surface area contributed by atoms with Crippen LogP contribution in [0.3, 0.4) is 0 Å². The molecular formula is C12H22N4S. The number of hydrogen-bond acceptors (Lipinski definition) is 4. The molecule has 1 aromatic rings. The summed E-state index contributed by atoms with van der Waals surface area (Å²) in [5.74, 6) is 2.31. The lowest BCUT2D eigenvalue weighted by Crippen LogP contribution is -2.55. The van der Waals surface area contributed by atoms with E-state index in [1.165, 1.54) is 12.2 Å². The molecule has 0 radical (unpaired) electrons. The molecule has 0 bridgehead atoms. The molecule has 0 aliphatic carbocycles. The van der Waals surface area contributed by atoms with E-state index in [4.69, 9.17) is 5.73 Å². The average Bonchev–Trinajstić information content (AvgIpc) is 2.87. The second kappa shape index (κ2) is 5.00. The van der Waals surface area contributed by atoms with Crippen LogP contribution in [0.25, 0.3) is 0 Å². The molecule has 2 heterocycles. The van der Waals surface area contributed by atoms with Crippen molar-refractivity contribution in [3.63, 3.8) is 0 Å². The molecular weight excluding hydrogens is 232 g/mol. The van der Waals surface area contributed by atoms with Crippen molar-refractivity contribution in [1.82, 2.24) is 14.5 Å². The maximum absolute atomic E-state index is 6.04. The van der Waals surface area contributed by atoms with Crippen molar-refractivity contribution in [2.45, 2.75) is 30.7 Å². The van der Waals surface area contributed by atoms with Gasteiger partial charge in [0.2, 0.25) is 0 Å². The molecule has 96 valence electrons. The summed E-state index contributed by atoms with van der Waals surface area (Å²) in [6, 6.07) is 0. The first kappa shape index (κ1) is 12.9. The van der Waals surface area contributed by atoms with Gasteiger partial charge in [-0.1, -0.05) is 6.92 Å². The fourth-order valence-corrected chi connectivity index (χ4v) is 4.14. The minimum absolute atomic E-state index is 0.136. The summed E-state index contributed by atoms with van der Waals surface area (Å²) in [6.45, 7) is 3.88. The van der Waals surface area contributed by atoms with Crippen molar-refractivity contribution in [2.75, 3.05) is 19.3 Å². The van der Waals surface area contributed by atoms with Crippen LogP contribution in [0.2, 0.25) is 0 Å². The van der Waals surface area contributed by atoms with Gasteiger partial charge in [-0.05, 0) is 19.2 Å². The fourth-order valence-electron chi connectivity index (χ4n) is 2.61. The van der Waals surface area contributed by atoms with Gasteiger partial charge in [-0.15, -0.1) is 0 Å². The Kier molecular flexibility index (Phi) is 3.80. The molecule has 0 amide bonds. The van der Waals surface area contributed by atoms with E-state index in [0.29, 0.717) is 5.25 Å². The van der Waals surface area contributed by atoms with E-state index in [2.05, 4.69) is 28.4 Å². The van der Waals surface area contributed by atoms with Crippen LogP contribution in [0, 0.1) is 0 Å². The van der Waals surface area contributed by atoms with E-state index in [1.54, 1.807) is 0 Å². The van der Waals surface area contributed by atoms with Gasteiger partial charge in [0, 0.05) is 36.8 Å². The Morgan fingerprint density at radius 3 is 2.94 bits per heavy atom.